The fraction of sp³-hybridized carbons (Fsp3) is 0.417. The minimum atomic E-state index is -0.938. The Kier molecular flexibility index (Phi) is 4.63. The molecule has 0 aliphatic heterocycles. The Morgan fingerprint density at radius 3 is 2.53 bits per heavy atom. The van der Waals surface area contributed by atoms with Crippen LogP contribution in [0.15, 0.2) is 12.1 Å². The molecule has 0 fully saturated rings. The molecule has 0 bridgehead atoms. The first-order chi connectivity index (χ1) is 7.93. The number of benzene rings is 1. The van der Waals surface area contributed by atoms with Crippen molar-refractivity contribution in [3.8, 4) is 11.5 Å². The molecular formula is C12H15ClO4. The standard InChI is InChI=1S/C12H15ClO4/c1-7(2)17-11-6-9(13)8(5-12(14)15)4-10(11)16-3/h4,6-7H,5H2,1-3H3,(H,14,15). The predicted octanol–water partition coefficient (Wildman–Crippen LogP) is 2.76. The van der Waals surface area contributed by atoms with E-state index in [1.807, 2.05) is 13.8 Å². The fourth-order valence-corrected chi connectivity index (χ4v) is 1.60. The molecule has 1 aromatic rings. The lowest BCUT2D eigenvalue weighted by atomic mass is 10.1. The molecule has 1 N–H and O–H groups in total. The number of hydrogen-bond acceptors (Lipinski definition) is 3. The second-order valence-corrected chi connectivity index (χ2v) is 4.24. The van der Waals surface area contributed by atoms with Crippen molar-refractivity contribution < 1.29 is 19.4 Å². The molecule has 0 saturated carbocycles. The molecule has 5 heteroatoms. The highest BCUT2D eigenvalue weighted by Gasteiger charge is 2.13. The third-order valence-corrected chi connectivity index (χ3v) is 2.39. The van der Waals surface area contributed by atoms with E-state index in [-0.39, 0.29) is 12.5 Å². The monoisotopic (exact) mass is 258 g/mol. The quantitative estimate of drug-likeness (QED) is 0.882. The molecule has 0 aliphatic carbocycles. The van der Waals surface area contributed by atoms with Crippen LogP contribution in [0, 0.1) is 0 Å². The van der Waals surface area contributed by atoms with Crippen molar-refractivity contribution in [2.75, 3.05) is 7.11 Å². The van der Waals surface area contributed by atoms with Gasteiger partial charge in [0.2, 0.25) is 0 Å². The predicted molar refractivity (Wildman–Crippen MR) is 65.1 cm³/mol. The number of carboxylic acid groups (broad SMARTS) is 1. The van der Waals surface area contributed by atoms with Crippen molar-refractivity contribution in [1.82, 2.24) is 0 Å². The van der Waals surface area contributed by atoms with Crippen molar-refractivity contribution in [1.29, 1.82) is 0 Å². The number of rotatable bonds is 5. The molecule has 0 unspecified atom stereocenters. The Bertz CT molecular complexity index is 415. The van der Waals surface area contributed by atoms with Gasteiger partial charge in [0.25, 0.3) is 0 Å². The van der Waals surface area contributed by atoms with Crippen LogP contribution >= 0.6 is 11.6 Å². The maximum absolute atomic E-state index is 10.7. The van der Waals surface area contributed by atoms with Gasteiger partial charge in [-0.25, -0.2) is 0 Å². The SMILES string of the molecule is COc1cc(CC(=O)O)c(Cl)cc1OC(C)C. The summed E-state index contributed by atoms with van der Waals surface area (Å²) in [5, 5.41) is 9.10. The van der Waals surface area contributed by atoms with E-state index in [0.717, 1.165) is 0 Å². The highest BCUT2D eigenvalue weighted by Crippen LogP contribution is 2.34. The number of carboxylic acids is 1. The molecule has 4 nitrogen and oxygen atoms in total. The van der Waals surface area contributed by atoms with Crippen LogP contribution in [0.1, 0.15) is 19.4 Å². The van der Waals surface area contributed by atoms with Crippen molar-refractivity contribution in [2.24, 2.45) is 0 Å². The van der Waals surface area contributed by atoms with Gasteiger partial charge in [-0.2, -0.15) is 0 Å². The van der Waals surface area contributed by atoms with Gasteiger partial charge in [0, 0.05) is 11.1 Å². The molecule has 1 rings (SSSR count). The number of hydrogen-bond donors (Lipinski definition) is 1. The van der Waals surface area contributed by atoms with Crippen LogP contribution in [0.3, 0.4) is 0 Å². The zero-order chi connectivity index (χ0) is 13.0. The maximum atomic E-state index is 10.7. The van der Waals surface area contributed by atoms with Gasteiger partial charge in [0.1, 0.15) is 0 Å². The van der Waals surface area contributed by atoms with E-state index in [1.54, 1.807) is 12.1 Å². The van der Waals surface area contributed by atoms with E-state index in [9.17, 15) is 4.79 Å². The first-order valence-electron chi connectivity index (χ1n) is 5.19. The van der Waals surface area contributed by atoms with Crippen LogP contribution in [0.4, 0.5) is 0 Å². The molecule has 0 atom stereocenters. The van der Waals surface area contributed by atoms with Gasteiger partial charge >= 0.3 is 5.97 Å². The molecular weight excluding hydrogens is 244 g/mol. The molecule has 0 spiro atoms. The van der Waals surface area contributed by atoms with Crippen molar-refractivity contribution >= 4 is 17.6 Å². The molecule has 94 valence electrons. The molecule has 0 aliphatic rings. The molecule has 1 aromatic carbocycles. The molecule has 0 heterocycles. The van der Waals surface area contributed by atoms with Crippen molar-refractivity contribution in [2.45, 2.75) is 26.4 Å². The molecule has 0 amide bonds. The fourth-order valence-electron chi connectivity index (χ4n) is 1.38. The first kappa shape index (κ1) is 13.6. The summed E-state index contributed by atoms with van der Waals surface area (Å²) in [7, 11) is 1.50. The van der Waals surface area contributed by atoms with Gasteiger partial charge < -0.3 is 14.6 Å². The van der Waals surface area contributed by atoms with Crippen LogP contribution in [-0.4, -0.2) is 24.3 Å². The van der Waals surface area contributed by atoms with E-state index < -0.39 is 5.97 Å². The minimum Gasteiger partial charge on any atom is -0.493 e. The summed E-state index contributed by atoms with van der Waals surface area (Å²) in [6.07, 6.45) is -0.151. The van der Waals surface area contributed by atoms with E-state index in [2.05, 4.69) is 0 Å². The number of aliphatic carboxylic acids is 1. The van der Waals surface area contributed by atoms with Gasteiger partial charge in [-0.3, -0.25) is 4.79 Å². The van der Waals surface area contributed by atoms with Crippen molar-refractivity contribution in [3.63, 3.8) is 0 Å². The van der Waals surface area contributed by atoms with Crippen molar-refractivity contribution in [3.05, 3.63) is 22.7 Å². The average Bonchev–Trinajstić information content (AvgIpc) is 2.20. The zero-order valence-electron chi connectivity index (χ0n) is 9.99. The summed E-state index contributed by atoms with van der Waals surface area (Å²) in [4.78, 5) is 10.7. The lowest BCUT2D eigenvalue weighted by Gasteiger charge is -2.15. The maximum Gasteiger partial charge on any atom is 0.307 e. The van der Waals surface area contributed by atoms with E-state index >= 15 is 0 Å². The second-order valence-electron chi connectivity index (χ2n) is 3.83. The normalized spacial score (nSPS) is 10.4. The zero-order valence-corrected chi connectivity index (χ0v) is 10.7. The molecule has 0 radical (unpaired) electrons. The van der Waals surface area contributed by atoms with Crippen LogP contribution < -0.4 is 9.47 Å². The lowest BCUT2D eigenvalue weighted by molar-refractivity contribution is -0.136. The van der Waals surface area contributed by atoms with Crippen LogP contribution in [0.2, 0.25) is 5.02 Å². The van der Waals surface area contributed by atoms with Crippen LogP contribution in [-0.2, 0) is 11.2 Å². The third kappa shape index (κ3) is 3.82. The summed E-state index contributed by atoms with van der Waals surface area (Å²) in [5.74, 6) is 0.0625. The lowest BCUT2D eigenvalue weighted by Crippen LogP contribution is -2.08. The number of halogens is 1. The largest absolute Gasteiger partial charge is 0.493 e. The first-order valence-corrected chi connectivity index (χ1v) is 5.56. The summed E-state index contributed by atoms with van der Waals surface area (Å²) in [6.45, 7) is 3.77. The average molecular weight is 259 g/mol. The highest BCUT2D eigenvalue weighted by atomic mass is 35.5. The Morgan fingerprint density at radius 2 is 2.06 bits per heavy atom. The van der Waals surface area contributed by atoms with Gasteiger partial charge in [-0.1, -0.05) is 11.6 Å². The highest BCUT2D eigenvalue weighted by molar-refractivity contribution is 6.31. The topological polar surface area (TPSA) is 55.8 Å². The smallest absolute Gasteiger partial charge is 0.307 e. The number of ether oxygens (including phenoxy) is 2. The van der Waals surface area contributed by atoms with Gasteiger partial charge in [-0.15, -0.1) is 0 Å². The van der Waals surface area contributed by atoms with Gasteiger partial charge in [0.05, 0.1) is 19.6 Å². The Balaban J connectivity index is 3.10. The number of methoxy groups -OCH3 is 1. The third-order valence-electron chi connectivity index (χ3n) is 2.04. The summed E-state index contributed by atoms with van der Waals surface area (Å²) >= 11 is 5.99. The second kappa shape index (κ2) is 5.77. The van der Waals surface area contributed by atoms with E-state index in [0.29, 0.717) is 22.1 Å². The van der Waals surface area contributed by atoms with Crippen LogP contribution in [0.25, 0.3) is 0 Å². The Morgan fingerprint density at radius 1 is 1.41 bits per heavy atom. The molecule has 0 aromatic heterocycles. The Hall–Kier alpha value is -1.42. The number of carbonyl (C=O) groups is 1. The minimum absolute atomic E-state index is 0.00899. The summed E-state index contributed by atoms with van der Waals surface area (Å²) in [5.41, 5.74) is 0.507. The van der Waals surface area contributed by atoms with Crippen LogP contribution in [0.5, 0.6) is 11.5 Å². The van der Waals surface area contributed by atoms with E-state index in [4.69, 9.17) is 26.2 Å². The molecule has 0 saturated heterocycles. The Labute approximate surface area is 105 Å². The van der Waals surface area contributed by atoms with E-state index in [1.165, 1.54) is 7.11 Å². The van der Waals surface area contributed by atoms with Gasteiger partial charge in [0.15, 0.2) is 11.5 Å². The molecule has 17 heavy (non-hydrogen) atoms. The summed E-state index contributed by atoms with van der Waals surface area (Å²) in [6, 6.07) is 3.17. The van der Waals surface area contributed by atoms with Gasteiger partial charge in [-0.05, 0) is 25.5 Å². The summed E-state index contributed by atoms with van der Waals surface area (Å²) < 4.78 is 10.7.